The van der Waals surface area contributed by atoms with Crippen molar-refractivity contribution < 1.29 is 9.63 Å². The van der Waals surface area contributed by atoms with E-state index >= 15 is 0 Å². The molecule has 0 fully saturated rings. The van der Waals surface area contributed by atoms with Crippen LogP contribution >= 0.6 is 11.8 Å². The van der Waals surface area contributed by atoms with Crippen LogP contribution in [0, 0.1) is 0 Å². The second kappa shape index (κ2) is 11.7. The van der Waals surface area contributed by atoms with Crippen molar-refractivity contribution in [3.63, 3.8) is 0 Å². The summed E-state index contributed by atoms with van der Waals surface area (Å²) in [5.41, 5.74) is 3.52. The third kappa shape index (κ3) is 8.91. The summed E-state index contributed by atoms with van der Waals surface area (Å²) in [7, 11) is 0. The van der Waals surface area contributed by atoms with Crippen molar-refractivity contribution in [2.45, 2.75) is 45.1 Å². The molecule has 0 aliphatic carbocycles. The number of unbranched alkanes of at least 4 members (excludes halogenated alkanes) is 4. The highest BCUT2D eigenvalue weighted by Gasteiger charge is 2.01. The van der Waals surface area contributed by atoms with Gasteiger partial charge in [-0.25, -0.2) is 10.3 Å². The molecule has 0 heterocycles. The standard InChI is InChI=1S/C15H23ClN2O2/c16-17-12-8-3-1-2-7-11-15(19)18-20-13-14-9-5-4-6-10-14/h4-6,9-10,17H,1-3,7-8,11-13H2,(H,18,19). The Bertz CT molecular complexity index is 360. The zero-order chi connectivity index (χ0) is 14.5. The lowest BCUT2D eigenvalue weighted by Gasteiger charge is -2.06. The average Bonchev–Trinajstić information content (AvgIpc) is 2.47. The molecular formula is C15H23ClN2O2. The molecule has 1 aromatic carbocycles. The first-order chi connectivity index (χ1) is 9.83. The summed E-state index contributed by atoms with van der Waals surface area (Å²) in [4.78, 5) is 19.3. The second-order valence-electron chi connectivity index (χ2n) is 4.70. The predicted molar refractivity (Wildman–Crippen MR) is 80.9 cm³/mol. The average molecular weight is 299 g/mol. The van der Waals surface area contributed by atoms with Gasteiger partial charge in [-0.05, 0) is 30.2 Å². The van der Waals surface area contributed by atoms with E-state index in [0.717, 1.165) is 44.2 Å². The Kier molecular flexibility index (Phi) is 9.92. The van der Waals surface area contributed by atoms with Gasteiger partial charge in [0.1, 0.15) is 0 Å². The molecule has 0 atom stereocenters. The monoisotopic (exact) mass is 298 g/mol. The van der Waals surface area contributed by atoms with E-state index < -0.39 is 0 Å². The van der Waals surface area contributed by atoms with Gasteiger partial charge in [-0.1, -0.05) is 49.6 Å². The van der Waals surface area contributed by atoms with Crippen LogP contribution in [0.15, 0.2) is 30.3 Å². The molecular weight excluding hydrogens is 276 g/mol. The molecule has 0 saturated heterocycles. The molecule has 0 radical (unpaired) electrons. The predicted octanol–water partition coefficient (Wildman–Crippen LogP) is 3.32. The number of amides is 1. The molecule has 0 bridgehead atoms. The molecule has 1 amide bonds. The summed E-state index contributed by atoms with van der Waals surface area (Å²) in [5, 5.41) is 0. The topological polar surface area (TPSA) is 50.4 Å². The van der Waals surface area contributed by atoms with Gasteiger partial charge in [-0.15, -0.1) is 0 Å². The van der Waals surface area contributed by atoms with Crippen molar-refractivity contribution in [1.29, 1.82) is 0 Å². The van der Waals surface area contributed by atoms with Crippen LogP contribution in [0.5, 0.6) is 0 Å². The minimum absolute atomic E-state index is 0.0524. The fourth-order valence-electron chi connectivity index (χ4n) is 1.83. The fraction of sp³-hybridized carbons (Fsp3) is 0.533. The number of carbonyl (C=O) groups excluding carboxylic acids is 1. The maximum absolute atomic E-state index is 11.5. The van der Waals surface area contributed by atoms with Crippen molar-refractivity contribution in [3.05, 3.63) is 35.9 Å². The molecule has 0 spiro atoms. The summed E-state index contributed by atoms with van der Waals surface area (Å²) in [6, 6.07) is 9.76. The van der Waals surface area contributed by atoms with E-state index in [9.17, 15) is 4.79 Å². The molecule has 112 valence electrons. The van der Waals surface area contributed by atoms with Gasteiger partial charge < -0.3 is 0 Å². The summed E-state index contributed by atoms with van der Waals surface area (Å²) in [6.07, 6.45) is 5.84. The van der Waals surface area contributed by atoms with Crippen molar-refractivity contribution in [1.82, 2.24) is 10.3 Å². The second-order valence-corrected chi connectivity index (χ2v) is 4.97. The third-order valence-electron chi connectivity index (χ3n) is 2.94. The SMILES string of the molecule is O=C(CCCCCCCNCl)NOCc1ccccc1. The number of carbonyl (C=O) groups is 1. The van der Waals surface area contributed by atoms with Crippen molar-refractivity contribution in [2.75, 3.05) is 6.54 Å². The largest absolute Gasteiger partial charge is 0.273 e. The van der Waals surface area contributed by atoms with Crippen molar-refractivity contribution >= 4 is 17.7 Å². The van der Waals surface area contributed by atoms with Crippen LogP contribution in [0.25, 0.3) is 0 Å². The number of hydrogen-bond acceptors (Lipinski definition) is 3. The van der Waals surface area contributed by atoms with Gasteiger partial charge in [0.15, 0.2) is 0 Å². The van der Waals surface area contributed by atoms with Gasteiger partial charge in [-0.3, -0.25) is 9.63 Å². The highest BCUT2D eigenvalue weighted by atomic mass is 35.5. The minimum Gasteiger partial charge on any atom is -0.273 e. The first-order valence-electron chi connectivity index (χ1n) is 7.11. The fourth-order valence-corrected chi connectivity index (χ4v) is 1.97. The number of hydroxylamine groups is 1. The van der Waals surface area contributed by atoms with E-state index in [-0.39, 0.29) is 5.91 Å². The summed E-state index contributed by atoms with van der Waals surface area (Å²) in [5.74, 6) is -0.0524. The molecule has 0 unspecified atom stereocenters. The Labute approximate surface area is 125 Å². The lowest BCUT2D eigenvalue weighted by Crippen LogP contribution is -2.23. The molecule has 0 saturated carbocycles. The Balaban J connectivity index is 1.93. The van der Waals surface area contributed by atoms with Gasteiger partial charge in [0, 0.05) is 13.0 Å². The van der Waals surface area contributed by atoms with Crippen LogP contribution in [0.4, 0.5) is 0 Å². The van der Waals surface area contributed by atoms with E-state index in [1.807, 2.05) is 30.3 Å². The van der Waals surface area contributed by atoms with Gasteiger partial charge in [0.2, 0.25) is 5.91 Å². The van der Waals surface area contributed by atoms with E-state index in [0.29, 0.717) is 13.0 Å². The summed E-state index contributed by atoms with van der Waals surface area (Å²) in [6.45, 7) is 1.24. The molecule has 0 aromatic heterocycles. The highest BCUT2D eigenvalue weighted by Crippen LogP contribution is 2.05. The Hall–Kier alpha value is -1.10. The maximum Gasteiger partial charge on any atom is 0.243 e. The normalized spacial score (nSPS) is 10.4. The molecule has 5 heteroatoms. The van der Waals surface area contributed by atoms with Gasteiger partial charge >= 0.3 is 0 Å². The Morgan fingerprint density at radius 2 is 1.75 bits per heavy atom. The first-order valence-corrected chi connectivity index (χ1v) is 7.49. The smallest absolute Gasteiger partial charge is 0.243 e. The van der Waals surface area contributed by atoms with Crippen molar-refractivity contribution in [2.24, 2.45) is 0 Å². The summed E-state index contributed by atoms with van der Waals surface area (Å²) >= 11 is 5.36. The Morgan fingerprint density at radius 3 is 2.50 bits per heavy atom. The van der Waals surface area contributed by atoms with Crippen LogP contribution in [-0.2, 0) is 16.2 Å². The molecule has 20 heavy (non-hydrogen) atoms. The van der Waals surface area contributed by atoms with E-state index in [1.54, 1.807) is 0 Å². The van der Waals surface area contributed by atoms with E-state index in [1.165, 1.54) is 0 Å². The molecule has 2 N–H and O–H groups in total. The van der Waals surface area contributed by atoms with E-state index in [4.69, 9.17) is 16.6 Å². The molecule has 1 aromatic rings. The quantitative estimate of drug-likeness (QED) is 0.374. The van der Waals surface area contributed by atoms with Crippen LogP contribution in [0.2, 0.25) is 0 Å². The van der Waals surface area contributed by atoms with Crippen LogP contribution < -0.4 is 10.3 Å². The van der Waals surface area contributed by atoms with Crippen molar-refractivity contribution in [3.8, 4) is 0 Å². The number of hydrogen-bond donors (Lipinski definition) is 2. The Morgan fingerprint density at radius 1 is 1.05 bits per heavy atom. The van der Waals surface area contributed by atoms with Gasteiger partial charge in [0.05, 0.1) is 6.61 Å². The van der Waals surface area contributed by atoms with Crippen LogP contribution in [0.1, 0.15) is 44.1 Å². The highest BCUT2D eigenvalue weighted by molar-refractivity contribution is 6.13. The molecule has 0 aliphatic rings. The molecule has 4 nitrogen and oxygen atoms in total. The lowest BCUT2D eigenvalue weighted by atomic mass is 10.1. The number of benzene rings is 1. The third-order valence-corrected chi connectivity index (χ3v) is 3.13. The summed E-state index contributed by atoms with van der Waals surface area (Å²) < 4.78 is 0. The zero-order valence-electron chi connectivity index (χ0n) is 11.7. The van der Waals surface area contributed by atoms with Gasteiger partial charge in [0.25, 0.3) is 0 Å². The number of nitrogens with one attached hydrogen (secondary N) is 2. The molecule has 1 rings (SSSR count). The lowest BCUT2D eigenvalue weighted by molar-refractivity contribution is -0.134. The number of rotatable bonds is 11. The molecule has 0 aliphatic heterocycles. The van der Waals surface area contributed by atoms with Crippen LogP contribution in [-0.4, -0.2) is 12.5 Å². The number of halogens is 1. The zero-order valence-corrected chi connectivity index (χ0v) is 12.5. The first kappa shape index (κ1) is 17.0. The minimum atomic E-state index is -0.0524. The maximum atomic E-state index is 11.5. The van der Waals surface area contributed by atoms with Crippen LogP contribution in [0.3, 0.4) is 0 Å². The van der Waals surface area contributed by atoms with Gasteiger partial charge in [-0.2, -0.15) is 0 Å². The van der Waals surface area contributed by atoms with E-state index in [2.05, 4.69) is 10.3 Å².